The number of likely N-dealkylation sites (N-methyl/N-ethyl adjacent to an activating group) is 1. The van der Waals surface area contributed by atoms with Gasteiger partial charge in [0.15, 0.2) is 11.5 Å². The molecule has 1 heterocycles. The molecule has 0 bridgehead atoms. The van der Waals surface area contributed by atoms with Gasteiger partial charge in [-0.2, -0.15) is 0 Å². The molecule has 3 rings (SSSR count). The quantitative estimate of drug-likeness (QED) is 0.863. The number of hydrogen-bond donors (Lipinski definition) is 1. The lowest BCUT2D eigenvalue weighted by molar-refractivity contribution is 0.224. The SMILES string of the molecule is COc1cccc2c1OCCNCc1ccccc1OCCN(C)C2. The number of para-hydroxylation sites is 2. The highest BCUT2D eigenvalue weighted by Gasteiger charge is 2.13. The molecule has 0 amide bonds. The Hall–Kier alpha value is -2.24. The number of benzene rings is 2. The predicted molar refractivity (Wildman–Crippen MR) is 98.5 cm³/mol. The van der Waals surface area contributed by atoms with E-state index in [1.807, 2.05) is 30.3 Å². The molecule has 1 N–H and O–H groups in total. The number of fused-ring (bicyclic) bond motifs is 2. The minimum atomic E-state index is 0.583. The van der Waals surface area contributed by atoms with Gasteiger partial charge in [0.25, 0.3) is 0 Å². The summed E-state index contributed by atoms with van der Waals surface area (Å²) in [4.78, 5) is 2.23. The number of rotatable bonds is 1. The largest absolute Gasteiger partial charge is 0.493 e. The number of nitrogens with zero attached hydrogens (tertiary/aromatic N) is 1. The molecule has 0 unspecified atom stereocenters. The third-order valence-corrected chi connectivity index (χ3v) is 4.26. The fourth-order valence-electron chi connectivity index (χ4n) is 2.93. The number of ether oxygens (including phenoxy) is 3. The van der Waals surface area contributed by atoms with Crippen LogP contribution in [0.3, 0.4) is 0 Å². The van der Waals surface area contributed by atoms with Gasteiger partial charge in [-0.3, -0.25) is 4.90 Å². The lowest BCUT2D eigenvalue weighted by Crippen LogP contribution is -2.26. The van der Waals surface area contributed by atoms with Gasteiger partial charge >= 0.3 is 0 Å². The highest BCUT2D eigenvalue weighted by Crippen LogP contribution is 2.31. The Morgan fingerprint density at radius 1 is 1.00 bits per heavy atom. The van der Waals surface area contributed by atoms with Gasteiger partial charge in [0.05, 0.1) is 7.11 Å². The summed E-state index contributed by atoms with van der Waals surface area (Å²) in [6, 6.07) is 14.2. The van der Waals surface area contributed by atoms with Gasteiger partial charge in [-0.15, -0.1) is 0 Å². The Kier molecular flexibility index (Phi) is 6.14. The fraction of sp³-hybridized carbons (Fsp3) is 0.400. The average Bonchev–Trinajstić information content (AvgIpc) is 2.63. The van der Waals surface area contributed by atoms with Crippen molar-refractivity contribution in [3.05, 3.63) is 53.6 Å². The number of hydrogen-bond acceptors (Lipinski definition) is 5. The van der Waals surface area contributed by atoms with Crippen LogP contribution in [-0.4, -0.2) is 45.4 Å². The minimum Gasteiger partial charge on any atom is -0.493 e. The summed E-state index contributed by atoms with van der Waals surface area (Å²) in [5.41, 5.74) is 2.29. The Morgan fingerprint density at radius 2 is 1.84 bits per heavy atom. The third kappa shape index (κ3) is 4.65. The van der Waals surface area contributed by atoms with E-state index in [2.05, 4.69) is 29.4 Å². The molecule has 134 valence electrons. The summed E-state index contributed by atoms with van der Waals surface area (Å²) in [6.07, 6.45) is 0. The van der Waals surface area contributed by atoms with Crippen LogP contribution in [0.25, 0.3) is 0 Å². The van der Waals surface area contributed by atoms with E-state index in [-0.39, 0.29) is 0 Å². The number of nitrogens with one attached hydrogen (secondary N) is 1. The van der Waals surface area contributed by atoms with Crippen molar-refractivity contribution < 1.29 is 14.2 Å². The lowest BCUT2D eigenvalue weighted by atomic mass is 10.1. The highest BCUT2D eigenvalue weighted by molar-refractivity contribution is 5.46. The zero-order chi connectivity index (χ0) is 17.5. The van der Waals surface area contributed by atoms with Gasteiger partial charge in [0, 0.05) is 37.3 Å². The topological polar surface area (TPSA) is 43.0 Å². The van der Waals surface area contributed by atoms with Crippen LogP contribution in [0.5, 0.6) is 17.2 Å². The van der Waals surface area contributed by atoms with E-state index in [4.69, 9.17) is 14.2 Å². The van der Waals surface area contributed by atoms with Crippen molar-refractivity contribution in [2.45, 2.75) is 13.1 Å². The fourth-order valence-corrected chi connectivity index (χ4v) is 2.93. The zero-order valence-electron chi connectivity index (χ0n) is 15.0. The number of methoxy groups -OCH3 is 1. The van der Waals surface area contributed by atoms with E-state index in [9.17, 15) is 0 Å². The maximum absolute atomic E-state index is 6.05. The first-order valence-corrected chi connectivity index (χ1v) is 8.66. The summed E-state index contributed by atoms with van der Waals surface area (Å²) in [6.45, 7) is 4.35. The molecule has 0 saturated carbocycles. The highest BCUT2D eigenvalue weighted by atomic mass is 16.5. The van der Waals surface area contributed by atoms with Crippen LogP contribution in [-0.2, 0) is 13.1 Å². The maximum atomic E-state index is 6.05. The van der Waals surface area contributed by atoms with Crippen molar-refractivity contribution >= 4 is 0 Å². The first-order valence-electron chi connectivity index (χ1n) is 8.66. The van der Waals surface area contributed by atoms with Crippen LogP contribution < -0.4 is 19.5 Å². The van der Waals surface area contributed by atoms with Crippen LogP contribution in [0.4, 0.5) is 0 Å². The molecule has 0 spiro atoms. The molecule has 0 aromatic heterocycles. The molecule has 0 radical (unpaired) electrons. The molecule has 0 atom stereocenters. The first-order chi connectivity index (χ1) is 12.3. The van der Waals surface area contributed by atoms with Crippen molar-refractivity contribution in [2.24, 2.45) is 0 Å². The molecule has 0 fully saturated rings. The van der Waals surface area contributed by atoms with Gasteiger partial charge in [-0.05, 0) is 19.2 Å². The molecule has 5 heteroatoms. The standard InChI is InChI=1S/C20H26N2O3/c1-22-11-13-24-18-8-4-3-6-16(18)14-21-10-12-25-20-17(15-22)7-5-9-19(20)23-2/h3-9,21H,10-15H2,1-2H3. The van der Waals surface area contributed by atoms with Crippen molar-refractivity contribution in [1.82, 2.24) is 10.2 Å². The summed E-state index contributed by atoms with van der Waals surface area (Å²) >= 11 is 0. The van der Waals surface area contributed by atoms with Crippen molar-refractivity contribution in [2.75, 3.05) is 40.5 Å². The molecule has 1 aliphatic heterocycles. The van der Waals surface area contributed by atoms with Crippen LogP contribution >= 0.6 is 0 Å². The van der Waals surface area contributed by atoms with Crippen LogP contribution in [0.15, 0.2) is 42.5 Å². The Morgan fingerprint density at radius 3 is 2.72 bits per heavy atom. The van der Waals surface area contributed by atoms with Crippen molar-refractivity contribution in [3.63, 3.8) is 0 Å². The van der Waals surface area contributed by atoms with Gasteiger partial charge in [0.2, 0.25) is 0 Å². The Labute approximate surface area is 149 Å². The monoisotopic (exact) mass is 342 g/mol. The second kappa shape index (κ2) is 8.74. The van der Waals surface area contributed by atoms with Gasteiger partial charge in [-0.1, -0.05) is 30.3 Å². The van der Waals surface area contributed by atoms with E-state index < -0.39 is 0 Å². The normalized spacial score (nSPS) is 16.6. The summed E-state index contributed by atoms with van der Waals surface area (Å²) in [5, 5.41) is 3.42. The molecule has 1 aliphatic rings. The van der Waals surface area contributed by atoms with E-state index in [0.29, 0.717) is 13.2 Å². The molecule has 0 aliphatic carbocycles. The van der Waals surface area contributed by atoms with E-state index in [1.54, 1.807) is 7.11 Å². The molecular formula is C20H26N2O3. The van der Waals surface area contributed by atoms with Crippen LogP contribution in [0, 0.1) is 0 Å². The molecule has 2 aromatic rings. The summed E-state index contributed by atoms with van der Waals surface area (Å²) < 4.78 is 17.5. The lowest BCUT2D eigenvalue weighted by Gasteiger charge is -2.22. The maximum Gasteiger partial charge on any atom is 0.165 e. The van der Waals surface area contributed by atoms with E-state index in [0.717, 1.165) is 49.0 Å². The molecule has 2 aromatic carbocycles. The second-order valence-corrected chi connectivity index (χ2v) is 6.17. The molecular weight excluding hydrogens is 316 g/mol. The van der Waals surface area contributed by atoms with E-state index >= 15 is 0 Å². The van der Waals surface area contributed by atoms with Gasteiger partial charge < -0.3 is 19.5 Å². The first kappa shape index (κ1) is 17.6. The third-order valence-electron chi connectivity index (χ3n) is 4.26. The smallest absolute Gasteiger partial charge is 0.165 e. The second-order valence-electron chi connectivity index (χ2n) is 6.17. The molecule has 25 heavy (non-hydrogen) atoms. The van der Waals surface area contributed by atoms with Crippen molar-refractivity contribution in [1.29, 1.82) is 0 Å². The average molecular weight is 342 g/mol. The Balaban J connectivity index is 1.77. The molecule has 5 nitrogen and oxygen atoms in total. The van der Waals surface area contributed by atoms with E-state index in [1.165, 1.54) is 5.56 Å². The molecule has 0 saturated heterocycles. The van der Waals surface area contributed by atoms with Crippen LogP contribution in [0.1, 0.15) is 11.1 Å². The Bertz CT molecular complexity index is 690. The zero-order valence-corrected chi connectivity index (χ0v) is 15.0. The van der Waals surface area contributed by atoms with Gasteiger partial charge in [-0.25, -0.2) is 0 Å². The van der Waals surface area contributed by atoms with Gasteiger partial charge in [0.1, 0.15) is 19.0 Å². The summed E-state index contributed by atoms with van der Waals surface area (Å²) in [5.74, 6) is 2.56. The minimum absolute atomic E-state index is 0.583. The van der Waals surface area contributed by atoms with Crippen LogP contribution in [0.2, 0.25) is 0 Å². The predicted octanol–water partition coefficient (Wildman–Crippen LogP) is 2.69. The summed E-state index contributed by atoms with van der Waals surface area (Å²) in [7, 11) is 3.77. The van der Waals surface area contributed by atoms with Crippen molar-refractivity contribution in [3.8, 4) is 17.2 Å².